The molecule has 2 saturated heterocycles. The van der Waals surface area contributed by atoms with Crippen LogP contribution in [-0.4, -0.2) is 41.9 Å². The van der Waals surface area contributed by atoms with Crippen molar-refractivity contribution in [2.45, 2.75) is 63.7 Å². The number of rotatable bonds is 5. The molecule has 2 aliphatic heterocycles. The lowest BCUT2D eigenvalue weighted by atomic mass is 10.0. The third-order valence-electron chi connectivity index (χ3n) is 5.24. The molecule has 0 radical (unpaired) electrons. The zero-order valence-electron chi connectivity index (χ0n) is 14.7. The Balaban J connectivity index is 1.47. The van der Waals surface area contributed by atoms with Crippen LogP contribution in [0.5, 0.6) is 0 Å². The van der Waals surface area contributed by atoms with Crippen molar-refractivity contribution in [2.24, 2.45) is 0 Å². The van der Waals surface area contributed by atoms with E-state index in [4.69, 9.17) is 0 Å². The fraction of sp³-hybridized carbons (Fsp3) is 0.632. The topological polar surface area (TPSA) is 44.4 Å². The molecule has 0 bridgehead atoms. The van der Waals surface area contributed by atoms with E-state index in [-0.39, 0.29) is 5.91 Å². The van der Waals surface area contributed by atoms with E-state index in [0.717, 1.165) is 18.7 Å². The summed E-state index contributed by atoms with van der Waals surface area (Å²) in [5.74, 6) is -3.14. The summed E-state index contributed by atoms with van der Waals surface area (Å²) in [6, 6.07) is 8.01. The van der Waals surface area contributed by atoms with Crippen LogP contribution in [0.1, 0.15) is 43.7 Å². The molecular formula is C19H27F2N3O. The summed E-state index contributed by atoms with van der Waals surface area (Å²) in [6.45, 7) is 4.33. The predicted molar refractivity (Wildman–Crippen MR) is 93.4 cm³/mol. The van der Waals surface area contributed by atoms with E-state index in [0.29, 0.717) is 12.6 Å². The van der Waals surface area contributed by atoms with E-state index in [2.05, 4.69) is 34.6 Å². The molecule has 138 valence electrons. The van der Waals surface area contributed by atoms with Crippen molar-refractivity contribution >= 4 is 5.91 Å². The average molecular weight is 351 g/mol. The third kappa shape index (κ3) is 4.98. The number of hydrogen-bond acceptors (Lipinski definition) is 3. The van der Waals surface area contributed by atoms with Crippen LogP contribution in [0.2, 0.25) is 0 Å². The minimum absolute atomic E-state index is 0.358. The summed E-state index contributed by atoms with van der Waals surface area (Å²) in [6.07, 6.45) is 3.42. The highest BCUT2D eigenvalue weighted by Crippen LogP contribution is 2.25. The highest BCUT2D eigenvalue weighted by atomic mass is 19.3. The second-order valence-corrected chi connectivity index (χ2v) is 7.34. The van der Waals surface area contributed by atoms with Crippen LogP contribution in [0.4, 0.5) is 8.78 Å². The molecule has 0 spiro atoms. The molecule has 2 unspecified atom stereocenters. The molecule has 2 aliphatic rings. The second-order valence-electron chi connectivity index (χ2n) is 7.34. The minimum atomic E-state index is -2.78. The summed E-state index contributed by atoms with van der Waals surface area (Å²) in [5.41, 5.74) is 2.24. The van der Waals surface area contributed by atoms with Gasteiger partial charge < -0.3 is 5.32 Å². The summed E-state index contributed by atoms with van der Waals surface area (Å²) in [5, 5.41) is 5.32. The Morgan fingerprint density at radius 1 is 1.28 bits per heavy atom. The fourth-order valence-corrected chi connectivity index (χ4v) is 3.60. The van der Waals surface area contributed by atoms with Gasteiger partial charge in [-0.2, -0.15) is 0 Å². The second kappa shape index (κ2) is 7.79. The van der Waals surface area contributed by atoms with Gasteiger partial charge in [-0.3, -0.25) is 15.0 Å². The van der Waals surface area contributed by atoms with Crippen LogP contribution in [0, 0.1) is 0 Å². The molecule has 1 aromatic carbocycles. The number of alkyl halides is 2. The zero-order valence-corrected chi connectivity index (χ0v) is 14.7. The minimum Gasteiger partial charge on any atom is -0.351 e. The van der Waals surface area contributed by atoms with Gasteiger partial charge in [-0.05, 0) is 37.4 Å². The Bertz CT molecular complexity index is 591. The standard InChI is InChI=1S/C19H27F2N3O/c1-14-4-2-3-9-24(14)12-16-7-5-15(6-8-16)11-22-18(25)17-10-19(20,21)13-23-17/h5-8,14,17,23H,2-4,9-13H2,1H3,(H,22,25). The predicted octanol–water partition coefficient (Wildman–Crippen LogP) is 2.67. The first-order valence-corrected chi connectivity index (χ1v) is 9.14. The van der Waals surface area contributed by atoms with E-state index in [1.165, 1.54) is 24.8 Å². The van der Waals surface area contributed by atoms with Crippen LogP contribution in [0.3, 0.4) is 0 Å². The molecule has 2 N–H and O–H groups in total. The van der Waals surface area contributed by atoms with Gasteiger partial charge in [0, 0.05) is 25.6 Å². The van der Waals surface area contributed by atoms with Gasteiger partial charge >= 0.3 is 0 Å². The van der Waals surface area contributed by atoms with Gasteiger partial charge in [0.05, 0.1) is 12.6 Å². The highest BCUT2D eigenvalue weighted by molar-refractivity contribution is 5.82. The number of nitrogens with one attached hydrogen (secondary N) is 2. The van der Waals surface area contributed by atoms with Crippen LogP contribution in [0.15, 0.2) is 24.3 Å². The Kier molecular flexibility index (Phi) is 5.69. The van der Waals surface area contributed by atoms with Gasteiger partial charge in [0.15, 0.2) is 0 Å². The van der Waals surface area contributed by atoms with E-state index < -0.39 is 24.9 Å². The Morgan fingerprint density at radius 2 is 2.00 bits per heavy atom. The summed E-state index contributed by atoms with van der Waals surface area (Å²) >= 11 is 0. The molecule has 0 aromatic heterocycles. The molecule has 3 rings (SSSR count). The van der Waals surface area contributed by atoms with Crippen molar-refractivity contribution in [2.75, 3.05) is 13.1 Å². The van der Waals surface area contributed by atoms with Crippen molar-refractivity contribution in [3.05, 3.63) is 35.4 Å². The lowest BCUT2D eigenvalue weighted by Gasteiger charge is -2.33. The van der Waals surface area contributed by atoms with Crippen molar-refractivity contribution in [1.29, 1.82) is 0 Å². The maximum atomic E-state index is 13.1. The Labute approximate surface area is 148 Å². The van der Waals surface area contributed by atoms with Gasteiger partial charge in [-0.25, -0.2) is 8.78 Å². The quantitative estimate of drug-likeness (QED) is 0.857. The Hall–Kier alpha value is -1.53. The number of carbonyl (C=O) groups excluding carboxylic acids is 1. The molecule has 0 aliphatic carbocycles. The van der Waals surface area contributed by atoms with Crippen molar-refractivity contribution in [3.8, 4) is 0 Å². The number of likely N-dealkylation sites (tertiary alicyclic amines) is 1. The van der Waals surface area contributed by atoms with Gasteiger partial charge in [-0.1, -0.05) is 30.7 Å². The number of piperidine rings is 1. The molecular weight excluding hydrogens is 324 g/mol. The van der Waals surface area contributed by atoms with Crippen molar-refractivity contribution < 1.29 is 13.6 Å². The first-order chi connectivity index (χ1) is 11.9. The molecule has 1 aromatic rings. The zero-order chi connectivity index (χ0) is 17.9. The maximum absolute atomic E-state index is 13.1. The Morgan fingerprint density at radius 3 is 2.64 bits per heavy atom. The lowest BCUT2D eigenvalue weighted by molar-refractivity contribution is -0.123. The molecule has 2 fully saturated rings. The third-order valence-corrected chi connectivity index (χ3v) is 5.24. The highest BCUT2D eigenvalue weighted by Gasteiger charge is 2.42. The van der Waals surface area contributed by atoms with Crippen LogP contribution >= 0.6 is 0 Å². The average Bonchev–Trinajstić information content (AvgIpc) is 2.96. The summed E-state index contributed by atoms with van der Waals surface area (Å²) in [4.78, 5) is 14.5. The van der Waals surface area contributed by atoms with Crippen LogP contribution < -0.4 is 10.6 Å². The lowest BCUT2D eigenvalue weighted by Crippen LogP contribution is -2.40. The van der Waals surface area contributed by atoms with E-state index in [9.17, 15) is 13.6 Å². The SMILES string of the molecule is CC1CCCCN1Cc1ccc(CNC(=O)C2CC(F)(F)CN2)cc1. The number of nitrogens with zero attached hydrogens (tertiary/aromatic N) is 1. The largest absolute Gasteiger partial charge is 0.351 e. The van der Waals surface area contributed by atoms with Gasteiger partial charge in [-0.15, -0.1) is 0 Å². The van der Waals surface area contributed by atoms with Crippen molar-refractivity contribution in [1.82, 2.24) is 15.5 Å². The van der Waals surface area contributed by atoms with E-state index in [1.54, 1.807) is 0 Å². The molecule has 2 heterocycles. The number of benzene rings is 1. The first-order valence-electron chi connectivity index (χ1n) is 9.14. The summed E-state index contributed by atoms with van der Waals surface area (Å²) in [7, 11) is 0. The van der Waals surface area contributed by atoms with Crippen molar-refractivity contribution in [3.63, 3.8) is 0 Å². The molecule has 25 heavy (non-hydrogen) atoms. The molecule has 6 heteroatoms. The number of carbonyl (C=O) groups is 1. The van der Waals surface area contributed by atoms with E-state index >= 15 is 0 Å². The van der Waals surface area contributed by atoms with Gasteiger partial charge in [0.1, 0.15) is 0 Å². The van der Waals surface area contributed by atoms with E-state index in [1.807, 2.05) is 12.1 Å². The number of hydrogen-bond donors (Lipinski definition) is 2. The normalized spacial score (nSPS) is 26.5. The summed E-state index contributed by atoms with van der Waals surface area (Å²) < 4.78 is 26.3. The maximum Gasteiger partial charge on any atom is 0.262 e. The van der Waals surface area contributed by atoms with Crippen LogP contribution in [0.25, 0.3) is 0 Å². The van der Waals surface area contributed by atoms with Gasteiger partial charge in [0.25, 0.3) is 5.92 Å². The molecule has 2 atom stereocenters. The van der Waals surface area contributed by atoms with Gasteiger partial charge in [0.2, 0.25) is 5.91 Å². The molecule has 4 nitrogen and oxygen atoms in total. The number of amides is 1. The smallest absolute Gasteiger partial charge is 0.262 e. The molecule has 0 saturated carbocycles. The molecule has 1 amide bonds. The fourth-order valence-electron chi connectivity index (χ4n) is 3.60. The monoisotopic (exact) mass is 351 g/mol. The first kappa shape index (κ1) is 18.3. The van der Waals surface area contributed by atoms with Crippen LogP contribution in [-0.2, 0) is 17.9 Å². The number of halogens is 2.